The molecule has 8 heteroatoms. The third-order valence-corrected chi connectivity index (χ3v) is 2.93. The molecule has 124 valence electrons. The molecule has 0 fully saturated rings. The predicted octanol–water partition coefficient (Wildman–Crippen LogP) is -0.630. The fourth-order valence-electron chi connectivity index (χ4n) is 1.94. The van der Waals surface area contributed by atoms with Crippen molar-refractivity contribution in [2.75, 3.05) is 13.2 Å². The Morgan fingerprint density at radius 1 is 1.24 bits per heavy atom. The third kappa shape index (κ3) is 19.2. The van der Waals surface area contributed by atoms with Gasteiger partial charge in [-0.15, -0.1) is 0 Å². The Balaban J connectivity index is 0. The second-order valence-corrected chi connectivity index (χ2v) is 5.53. The number of hydrogen-bond acceptors (Lipinski definition) is 7. The van der Waals surface area contributed by atoms with Crippen LogP contribution in [-0.2, 0) is 9.59 Å². The molecule has 1 unspecified atom stereocenters. The molecule has 0 amide bonds. The average Bonchev–Trinajstić information content (AvgIpc) is 2.39. The summed E-state index contributed by atoms with van der Waals surface area (Å²) in [4.78, 5) is 16.2. The molecule has 2 atom stereocenters. The summed E-state index contributed by atoms with van der Waals surface area (Å²) in [5.74, 6) is 0.553. The van der Waals surface area contributed by atoms with Crippen molar-refractivity contribution in [3.8, 4) is 0 Å². The monoisotopic (exact) mass is 304 g/mol. The lowest BCUT2D eigenvalue weighted by molar-refractivity contribution is -0.191. The fraction of sp³-hybridized carbons (Fsp3) is 0.923. The van der Waals surface area contributed by atoms with E-state index in [0.717, 1.165) is 25.7 Å². The van der Waals surface area contributed by atoms with Crippen molar-refractivity contribution in [1.29, 1.82) is 0 Å². The molecule has 0 radical (unpaired) electrons. The van der Waals surface area contributed by atoms with Crippen molar-refractivity contribution in [3.63, 3.8) is 0 Å². The number of carbonyl (C=O) groups excluding carboxylic acids is 2. The molecule has 0 bridgehead atoms. The molecule has 6 N–H and O–H groups in total. The van der Waals surface area contributed by atoms with Gasteiger partial charge in [0.15, 0.2) is 0 Å². The van der Waals surface area contributed by atoms with Gasteiger partial charge in [-0.25, -0.2) is 0 Å². The van der Waals surface area contributed by atoms with Crippen LogP contribution >= 0.6 is 0 Å². The summed E-state index contributed by atoms with van der Waals surface area (Å²) in [7, 11) is -1.20. The summed E-state index contributed by atoms with van der Waals surface area (Å²) in [6.45, 7) is 5.09. The highest BCUT2D eigenvalue weighted by Crippen LogP contribution is 2.06. The van der Waals surface area contributed by atoms with Crippen LogP contribution in [0, 0.1) is 5.92 Å². The zero-order valence-corrected chi connectivity index (χ0v) is 13.0. The first-order chi connectivity index (χ1) is 9.87. The fourth-order valence-corrected chi connectivity index (χ4v) is 1.94. The molecular formula is C13H29BN2O5. The van der Waals surface area contributed by atoms with Gasteiger partial charge in [-0.05, 0) is 25.1 Å². The maximum Gasteiger partial charge on any atom is 0.451 e. The number of nitrogens with one attached hydrogen (secondary N) is 1. The van der Waals surface area contributed by atoms with Crippen LogP contribution in [0.3, 0.4) is 0 Å². The first kappa shape index (κ1) is 22.5. The Morgan fingerprint density at radius 2 is 1.81 bits per heavy atom. The van der Waals surface area contributed by atoms with Crippen LogP contribution in [0.5, 0.6) is 0 Å². The van der Waals surface area contributed by atoms with Gasteiger partial charge in [0.2, 0.25) is 0 Å². The van der Waals surface area contributed by atoms with Crippen molar-refractivity contribution in [1.82, 2.24) is 5.32 Å². The molecule has 0 aromatic rings. The largest absolute Gasteiger partial charge is 0.451 e. The first-order valence-corrected chi connectivity index (χ1v) is 7.32. The Kier molecular flexibility index (Phi) is 16.8. The van der Waals surface area contributed by atoms with Crippen LogP contribution in [0.15, 0.2) is 0 Å². The normalized spacial score (nSPS) is 13.1. The highest BCUT2D eigenvalue weighted by molar-refractivity contribution is 6.40. The summed E-state index contributed by atoms with van der Waals surface area (Å²) in [5, 5.41) is 29.9. The van der Waals surface area contributed by atoms with E-state index in [9.17, 15) is 5.11 Å². The minimum atomic E-state index is -1.20. The lowest BCUT2D eigenvalue weighted by Gasteiger charge is -2.21. The van der Waals surface area contributed by atoms with Gasteiger partial charge in [-0.1, -0.05) is 26.7 Å². The summed E-state index contributed by atoms with van der Waals surface area (Å²) in [6, 6.07) is 0.178. The van der Waals surface area contributed by atoms with Gasteiger partial charge in [0.25, 0.3) is 0 Å². The zero-order chi connectivity index (χ0) is 16.7. The number of aliphatic hydroxyl groups excluding tert-OH is 1. The highest BCUT2D eigenvalue weighted by Gasteiger charge is 2.11. The van der Waals surface area contributed by atoms with E-state index in [-0.39, 0.29) is 24.8 Å². The summed E-state index contributed by atoms with van der Waals surface area (Å²) >= 11 is 0. The minimum absolute atomic E-state index is 0.0575. The van der Waals surface area contributed by atoms with Gasteiger partial charge in [-0.3, -0.25) is 0 Å². The average molecular weight is 304 g/mol. The van der Waals surface area contributed by atoms with Crippen molar-refractivity contribution in [2.24, 2.45) is 11.7 Å². The predicted molar refractivity (Wildman–Crippen MR) is 80.2 cm³/mol. The molecule has 0 rings (SSSR count). The molecule has 0 aliphatic carbocycles. The van der Waals surface area contributed by atoms with E-state index in [1.165, 1.54) is 0 Å². The standard InChI is InChI=1S/C12H29BN2O3.CO2/c1-10(2)7-12(9-16)15-8-11(14)5-3-4-6-13(17)18;2-1-3/h10-12,15-18H,3-9,14H2,1-2H3;/t11?,12-;/m0./s1. The Hall–Kier alpha value is -0.755. The maximum absolute atomic E-state index is 9.20. The Morgan fingerprint density at radius 3 is 2.24 bits per heavy atom. The van der Waals surface area contributed by atoms with Gasteiger partial charge in [0, 0.05) is 18.6 Å². The minimum Gasteiger partial charge on any atom is -0.427 e. The van der Waals surface area contributed by atoms with Gasteiger partial charge in [0.05, 0.1) is 6.61 Å². The molecule has 0 saturated carbocycles. The van der Waals surface area contributed by atoms with Crippen molar-refractivity contribution < 1.29 is 24.7 Å². The van der Waals surface area contributed by atoms with E-state index in [4.69, 9.17) is 25.4 Å². The lowest BCUT2D eigenvalue weighted by atomic mass is 9.83. The van der Waals surface area contributed by atoms with Crippen LogP contribution in [0.4, 0.5) is 0 Å². The Labute approximate surface area is 127 Å². The van der Waals surface area contributed by atoms with Crippen LogP contribution in [0.2, 0.25) is 6.32 Å². The third-order valence-electron chi connectivity index (χ3n) is 2.93. The molecule has 21 heavy (non-hydrogen) atoms. The molecular weight excluding hydrogens is 275 g/mol. The van der Waals surface area contributed by atoms with E-state index >= 15 is 0 Å². The van der Waals surface area contributed by atoms with Crippen LogP contribution in [-0.4, -0.2) is 53.7 Å². The number of rotatable bonds is 11. The molecule has 0 aromatic heterocycles. The van der Waals surface area contributed by atoms with E-state index in [2.05, 4.69) is 19.2 Å². The van der Waals surface area contributed by atoms with Crippen LogP contribution in [0.1, 0.15) is 39.5 Å². The Bertz CT molecular complexity index is 261. The van der Waals surface area contributed by atoms with Gasteiger partial charge >= 0.3 is 13.3 Å². The van der Waals surface area contributed by atoms with Crippen LogP contribution in [0.25, 0.3) is 0 Å². The molecule has 7 nitrogen and oxygen atoms in total. The summed E-state index contributed by atoms with van der Waals surface area (Å²) in [5.41, 5.74) is 5.96. The second-order valence-electron chi connectivity index (χ2n) is 5.53. The van der Waals surface area contributed by atoms with Crippen molar-refractivity contribution in [2.45, 2.75) is 57.9 Å². The molecule has 0 spiro atoms. The molecule has 0 aliphatic rings. The van der Waals surface area contributed by atoms with Gasteiger partial charge in [0.1, 0.15) is 0 Å². The number of hydrogen-bond donors (Lipinski definition) is 5. The molecule has 0 aromatic carbocycles. The number of unbranched alkanes of at least 4 members (excludes halogenated alkanes) is 1. The highest BCUT2D eigenvalue weighted by atomic mass is 16.4. The second kappa shape index (κ2) is 15.6. The quantitative estimate of drug-likeness (QED) is 0.253. The number of aliphatic hydroxyl groups is 1. The maximum atomic E-state index is 9.20. The first-order valence-electron chi connectivity index (χ1n) is 7.32. The topological polar surface area (TPSA) is 133 Å². The molecule has 0 saturated heterocycles. The van der Waals surface area contributed by atoms with E-state index in [1.54, 1.807) is 0 Å². The van der Waals surface area contributed by atoms with E-state index in [1.807, 2.05) is 0 Å². The van der Waals surface area contributed by atoms with Gasteiger partial charge < -0.3 is 26.2 Å². The van der Waals surface area contributed by atoms with E-state index < -0.39 is 7.12 Å². The molecule has 0 aliphatic heterocycles. The number of nitrogens with two attached hydrogens (primary N) is 1. The smallest absolute Gasteiger partial charge is 0.427 e. The van der Waals surface area contributed by atoms with Gasteiger partial charge in [-0.2, -0.15) is 9.59 Å². The zero-order valence-electron chi connectivity index (χ0n) is 13.0. The molecule has 0 heterocycles. The summed E-state index contributed by atoms with van der Waals surface area (Å²) in [6.07, 6.45) is 4.14. The lowest BCUT2D eigenvalue weighted by Crippen LogP contribution is -2.41. The summed E-state index contributed by atoms with van der Waals surface area (Å²) < 4.78 is 0. The van der Waals surface area contributed by atoms with Crippen LogP contribution < -0.4 is 11.1 Å². The van der Waals surface area contributed by atoms with Crippen molar-refractivity contribution >= 4 is 13.3 Å². The SMILES string of the molecule is CC(C)C[C@@H](CO)NCC(N)CCCCB(O)O.O=C=O. The van der Waals surface area contributed by atoms with Crippen molar-refractivity contribution in [3.05, 3.63) is 0 Å². The van der Waals surface area contributed by atoms with E-state index in [0.29, 0.717) is 18.8 Å².